The van der Waals surface area contributed by atoms with Crippen LogP contribution in [0.15, 0.2) is 77.7 Å². The van der Waals surface area contributed by atoms with E-state index in [2.05, 4.69) is 5.32 Å². The first kappa shape index (κ1) is 25.5. The van der Waals surface area contributed by atoms with Crippen molar-refractivity contribution in [1.82, 2.24) is 5.32 Å². The van der Waals surface area contributed by atoms with Gasteiger partial charge in [0, 0.05) is 11.6 Å². The maximum Gasteiger partial charge on any atom is 0.264 e. The van der Waals surface area contributed by atoms with Crippen LogP contribution in [-0.4, -0.2) is 34.0 Å². The molecule has 0 aliphatic heterocycles. The number of hydrogen-bond donors (Lipinski definition) is 1. The second-order valence-corrected chi connectivity index (χ2v) is 9.77. The maximum atomic E-state index is 13.4. The summed E-state index contributed by atoms with van der Waals surface area (Å²) in [4.78, 5) is 12.6. The Bertz CT molecular complexity index is 1190. The quantitative estimate of drug-likeness (QED) is 0.380. The van der Waals surface area contributed by atoms with Gasteiger partial charge in [-0.25, -0.2) is 12.8 Å². The molecular formula is C25H26ClFN2O4S. The van der Waals surface area contributed by atoms with E-state index in [1.54, 1.807) is 12.1 Å². The summed E-state index contributed by atoms with van der Waals surface area (Å²) in [6, 6.07) is 18.4. The Labute approximate surface area is 204 Å². The lowest BCUT2D eigenvalue weighted by atomic mass is 10.1. The van der Waals surface area contributed by atoms with E-state index in [1.165, 1.54) is 24.3 Å². The lowest BCUT2D eigenvalue weighted by Crippen LogP contribution is -2.41. The molecule has 3 rings (SSSR count). The number of hydrogen-bond acceptors (Lipinski definition) is 4. The maximum absolute atomic E-state index is 13.4. The van der Waals surface area contributed by atoms with E-state index in [4.69, 9.17) is 16.3 Å². The number of ether oxygens (including phenoxy) is 1. The van der Waals surface area contributed by atoms with Crippen molar-refractivity contribution in [2.24, 2.45) is 0 Å². The van der Waals surface area contributed by atoms with Crippen LogP contribution in [0.3, 0.4) is 0 Å². The number of carbonyl (C=O) groups is 1. The fourth-order valence-corrected chi connectivity index (χ4v) is 4.83. The van der Waals surface area contributed by atoms with Crippen LogP contribution in [0.1, 0.15) is 18.9 Å². The van der Waals surface area contributed by atoms with Crippen molar-refractivity contribution in [3.8, 4) is 5.75 Å². The number of halogens is 2. The molecule has 0 bridgehead atoms. The highest BCUT2D eigenvalue weighted by atomic mass is 35.5. The van der Waals surface area contributed by atoms with Crippen LogP contribution in [0.4, 0.5) is 10.1 Å². The zero-order valence-electron chi connectivity index (χ0n) is 18.7. The molecule has 1 N–H and O–H groups in total. The minimum absolute atomic E-state index is 0.00387. The van der Waals surface area contributed by atoms with Crippen LogP contribution in [0, 0.1) is 5.82 Å². The molecule has 0 spiro atoms. The zero-order valence-corrected chi connectivity index (χ0v) is 20.3. The number of carbonyl (C=O) groups excluding carboxylic acids is 1. The lowest BCUT2D eigenvalue weighted by Gasteiger charge is -2.24. The monoisotopic (exact) mass is 504 g/mol. The van der Waals surface area contributed by atoms with E-state index >= 15 is 0 Å². The molecule has 0 heterocycles. The third kappa shape index (κ3) is 6.95. The summed E-state index contributed by atoms with van der Waals surface area (Å²) in [5.41, 5.74) is 1.27. The second kappa shape index (κ2) is 11.9. The zero-order chi connectivity index (χ0) is 24.6. The molecule has 0 radical (unpaired) electrons. The van der Waals surface area contributed by atoms with Crippen molar-refractivity contribution in [1.29, 1.82) is 0 Å². The molecule has 0 fully saturated rings. The van der Waals surface area contributed by atoms with Gasteiger partial charge in [0.1, 0.15) is 18.1 Å². The first-order valence-corrected chi connectivity index (χ1v) is 12.6. The normalized spacial score (nSPS) is 11.1. The van der Waals surface area contributed by atoms with Crippen LogP contribution in [0.5, 0.6) is 5.75 Å². The predicted octanol–water partition coefficient (Wildman–Crippen LogP) is 4.82. The molecule has 0 saturated carbocycles. The summed E-state index contributed by atoms with van der Waals surface area (Å²) in [5.74, 6) is -0.433. The predicted molar refractivity (Wildman–Crippen MR) is 131 cm³/mol. The van der Waals surface area contributed by atoms with Gasteiger partial charge >= 0.3 is 0 Å². The molecule has 180 valence electrons. The van der Waals surface area contributed by atoms with Crippen molar-refractivity contribution in [2.45, 2.75) is 24.7 Å². The Morgan fingerprint density at radius 1 is 1.00 bits per heavy atom. The summed E-state index contributed by atoms with van der Waals surface area (Å²) in [6.07, 6.45) is 1.42. The Kier molecular flexibility index (Phi) is 8.90. The number of amides is 1. The molecule has 3 aromatic carbocycles. The van der Waals surface area contributed by atoms with Crippen LogP contribution >= 0.6 is 11.6 Å². The van der Waals surface area contributed by atoms with Crippen LogP contribution in [0.2, 0.25) is 5.02 Å². The summed E-state index contributed by atoms with van der Waals surface area (Å²) in [6.45, 7) is 2.21. The van der Waals surface area contributed by atoms with Gasteiger partial charge < -0.3 is 10.1 Å². The number of rotatable bonds is 11. The number of anilines is 1. The molecule has 9 heteroatoms. The van der Waals surface area contributed by atoms with Crippen molar-refractivity contribution < 1.29 is 22.3 Å². The van der Waals surface area contributed by atoms with Gasteiger partial charge in [-0.15, -0.1) is 0 Å². The largest absolute Gasteiger partial charge is 0.494 e. The number of benzene rings is 3. The summed E-state index contributed by atoms with van der Waals surface area (Å²) < 4.78 is 46.5. The van der Waals surface area contributed by atoms with Gasteiger partial charge in [0.15, 0.2) is 0 Å². The molecule has 0 aliphatic carbocycles. The van der Waals surface area contributed by atoms with Gasteiger partial charge in [0.25, 0.3) is 10.0 Å². The fraction of sp³-hybridized carbons (Fsp3) is 0.240. The molecular weight excluding hydrogens is 479 g/mol. The van der Waals surface area contributed by atoms with Gasteiger partial charge in [-0.3, -0.25) is 9.10 Å². The number of nitrogens with zero attached hydrogens (tertiary/aromatic N) is 1. The Balaban J connectivity index is 1.70. The van der Waals surface area contributed by atoms with E-state index in [0.717, 1.165) is 28.4 Å². The Morgan fingerprint density at radius 3 is 2.26 bits per heavy atom. The van der Waals surface area contributed by atoms with Gasteiger partial charge in [-0.2, -0.15) is 0 Å². The minimum Gasteiger partial charge on any atom is -0.494 e. The standard InChI is InChI=1S/C25H26ClFN2O4S/c1-2-33-23-13-15-24(16-14-23)34(31,32)29(22-11-9-21(27)10-12-22)18-25(30)28-17-3-4-19-5-7-20(26)8-6-19/h5-16H,2-4,17-18H2,1H3,(H,28,30). The van der Waals surface area contributed by atoms with Crippen LogP contribution in [-0.2, 0) is 21.2 Å². The fourth-order valence-electron chi connectivity index (χ4n) is 3.28. The minimum atomic E-state index is -4.09. The Morgan fingerprint density at radius 2 is 1.65 bits per heavy atom. The van der Waals surface area contributed by atoms with E-state index < -0.39 is 28.3 Å². The van der Waals surface area contributed by atoms with Crippen molar-refractivity contribution >= 4 is 33.2 Å². The average Bonchev–Trinajstić information content (AvgIpc) is 2.83. The number of nitrogens with one attached hydrogen (secondary N) is 1. The van der Waals surface area contributed by atoms with Gasteiger partial charge in [-0.1, -0.05) is 23.7 Å². The van der Waals surface area contributed by atoms with Crippen molar-refractivity contribution in [2.75, 3.05) is 24.0 Å². The van der Waals surface area contributed by atoms with E-state index in [-0.39, 0.29) is 10.6 Å². The molecule has 1 amide bonds. The van der Waals surface area contributed by atoms with Gasteiger partial charge in [-0.05, 0) is 86.0 Å². The highest BCUT2D eigenvalue weighted by molar-refractivity contribution is 7.92. The highest BCUT2D eigenvalue weighted by Gasteiger charge is 2.27. The first-order chi connectivity index (χ1) is 16.3. The average molecular weight is 505 g/mol. The topological polar surface area (TPSA) is 75.7 Å². The Hall–Kier alpha value is -3.10. The van der Waals surface area contributed by atoms with E-state index in [1.807, 2.05) is 31.2 Å². The van der Waals surface area contributed by atoms with Crippen molar-refractivity contribution in [3.63, 3.8) is 0 Å². The third-order valence-corrected chi connectivity index (χ3v) is 7.04. The van der Waals surface area contributed by atoms with E-state index in [0.29, 0.717) is 30.3 Å². The molecule has 0 atom stereocenters. The molecule has 3 aromatic rings. The smallest absolute Gasteiger partial charge is 0.264 e. The number of aryl methyl sites for hydroxylation is 1. The van der Waals surface area contributed by atoms with Gasteiger partial charge in [0.05, 0.1) is 17.2 Å². The highest BCUT2D eigenvalue weighted by Crippen LogP contribution is 2.25. The summed E-state index contributed by atoms with van der Waals surface area (Å²) >= 11 is 5.89. The summed E-state index contributed by atoms with van der Waals surface area (Å²) in [7, 11) is -4.09. The van der Waals surface area contributed by atoms with Crippen molar-refractivity contribution in [3.05, 3.63) is 89.2 Å². The lowest BCUT2D eigenvalue weighted by molar-refractivity contribution is -0.119. The SMILES string of the molecule is CCOc1ccc(S(=O)(=O)N(CC(=O)NCCCc2ccc(Cl)cc2)c2ccc(F)cc2)cc1. The van der Waals surface area contributed by atoms with E-state index in [9.17, 15) is 17.6 Å². The van der Waals surface area contributed by atoms with Gasteiger partial charge in [0.2, 0.25) is 5.91 Å². The van der Waals surface area contributed by atoms with Crippen LogP contribution in [0.25, 0.3) is 0 Å². The molecule has 6 nitrogen and oxygen atoms in total. The molecule has 0 aliphatic rings. The molecule has 34 heavy (non-hydrogen) atoms. The summed E-state index contributed by atoms with van der Waals surface area (Å²) in [5, 5.41) is 3.42. The molecule has 0 unspecified atom stereocenters. The molecule has 0 aromatic heterocycles. The second-order valence-electron chi connectivity index (χ2n) is 7.47. The number of sulfonamides is 1. The molecule has 0 saturated heterocycles. The van der Waals surface area contributed by atoms with Crippen LogP contribution < -0.4 is 14.4 Å². The first-order valence-electron chi connectivity index (χ1n) is 10.8. The third-order valence-electron chi connectivity index (χ3n) is 5.00.